The molecule has 19 heavy (non-hydrogen) atoms. The highest BCUT2D eigenvalue weighted by atomic mass is 35.5. The van der Waals surface area contributed by atoms with Crippen molar-refractivity contribution in [3.8, 4) is 0 Å². The van der Waals surface area contributed by atoms with Crippen LogP contribution in [0.4, 0.5) is 5.69 Å². The molecule has 104 valence electrons. The van der Waals surface area contributed by atoms with E-state index in [4.69, 9.17) is 23.2 Å². The zero-order chi connectivity index (χ0) is 14.4. The number of anilines is 1. The van der Waals surface area contributed by atoms with E-state index >= 15 is 0 Å². The van der Waals surface area contributed by atoms with Gasteiger partial charge >= 0.3 is 0 Å². The Kier molecular flexibility index (Phi) is 6.32. The maximum atomic E-state index is 12.1. The molecule has 0 unspecified atom stereocenters. The van der Waals surface area contributed by atoms with Crippen LogP contribution in [0.1, 0.15) is 18.4 Å². The highest BCUT2D eigenvalue weighted by Crippen LogP contribution is 2.17. The van der Waals surface area contributed by atoms with Gasteiger partial charge in [-0.1, -0.05) is 17.7 Å². The number of halogens is 2. The highest BCUT2D eigenvalue weighted by Gasteiger charge is 2.26. The number of carbonyl (C=O) groups is 2. The summed E-state index contributed by atoms with van der Waals surface area (Å²) in [5.41, 5.74) is 1.82. The molecular formula is C14H17Cl2NO2. The second-order valence-corrected chi connectivity index (χ2v) is 5.17. The van der Waals surface area contributed by atoms with Gasteiger partial charge in [-0.3, -0.25) is 9.59 Å². The standard InChI is InChI=1S/C14H17Cl2NO2/c1-10-5-7-11(8-6-10)17(2)14(19)13(16)12(18)4-3-9-15/h5-8,13H,3-4,9H2,1-2H3/t13-/m0/s1. The molecule has 0 saturated carbocycles. The number of amides is 1. The summed E-state index contributed by atoms with van der Waals surface area (Å²) in [6, 6.07) is 7.44. The molecule has 0 aromatic heterocycles. The second kappa shape index (κ2) is 7.51. The van der Waals surface area contributed by atoms with Crippen LogP contribution in [0.2, 0.25) is 0 Å². The van der Waals surface area contributed by atoms with Gasteiger partial charge in [0.2, 0.25) is 0 Å². The van der Waals surface area contributed by atoms with Crippen molar-refractivity contribution in [2.24, 2.45) is 0 Å². The van der Waals surface area contributed by atoms with Crippen molar-refractivity contribution in [1.29, 1.82) is 0 Å². The molecule has 0 spiro atoms. The fourth-order valence-corrected chi connectivity index (χ4v) is 1.96. The van der Waals surface area contributed by atoms with Crippen LogP contribution in [-0.4, -0.2) is 30.0 Å². The van der Waals surface area contributed by atoms with E-state index in [9.17, 15) is 9.59 Å². The number of hydrogen-bond donors (Lipinski definition) is 0. The lowest BCUT2D eigenvalue weighted by Gasteiger charge is -2.20. The van der Waals surface area contributed by atoms with E-state index in [0.29, 0.717) is 18.0 Å². The minimum Gasteiger partial charge on any atom is -0.314 e. The lowest BCUT2D eigenvalue weighted by atomic mass is 10.1. The molecule has 0 aliphatic carbocycles. The number of aryl methyl sites for hydroxylation is 1. The van der Waals surface area contributed by atoms with Crippen LogP contribution in [0.25, 0.3) is 0 Å². The number of alkyl halides is 2. The summed E-state index contributed by atoms with van der Waals surface area (Å²) in [5, 5.41) is -1.14. The van der Waals surface area contributed by atoms with E-state index in [1.54, 1.807) is 7.05 Å². The van der Waals surface area contributed by atoms with Gasteiger partial charge in [-0.2, -0.15) is 0 Å². The maximum Gasteiger partial charge on any atom is 0.252 e. The summed E-state index contributed by atoms with van der Waals surface area (Å²) >= 11 is 11.4. The van der Waals surface area contributed by atoms with E-state index in [0.717, 1.165) is 5.56 Å². The normalized spacial score (nSPS) is 12.0. The molecule has 0 heterocycles. The van der Waals surface area contributed by atoms with Crippen molar-refractivity contribution in [3.05, 3.63) is 29.8 Å². The highest BCUT2D eigenvalue weighted by molar-refractivity contribution is 6.43. The SMILES string of the molecule is Cc1ccc(N(C)C(=O)[C@@H](Cl)C(=O)CCCCl)cc1. The molecule has 5 heteroatoms. The van der Waals surface area contributed by atoms with Gasteiger partial charge in [0.05, 0.1) is 0 Å². The third kappa shape index (κ3) is 4.51. The van der Waals surface area contributed by atoms with E-state index in [1.807, 2.05) is 31.2 Å². The Hall–Kier alpha value is -1.06. The molecule has 1 aromatic carbocycles. The minimum atomic E-state index is -1.14. The molecule has 0 aliphatic heterocycles. The zero-order valence-electron chi connectivity index (χ0n) is 11.0. The summed E-state index contributed by atoms with van der Waals surface area (Å²) in [4.78, 5) is 25.2. The Morgan fingerprint density at radius 1 is 1.26 bits per heavy atom. The van der Waals surface area contributed by atoms with Crippen LogP contribution in [0.15, 0.2) is 24.3 Å². The zero-order valence-corrected chi connectivity index (χ0v) is 12.5. The molecule has 1 atom stereocenters. The fourth-order valence-electron chi connectivity index (χ4n) is 1.57. The first kappa shape index (κ1) is 16.0. The second-order valence-electron chi connectivity index (χ2n) is 4.35. The molecule has 0 bridgehead atoms. The molecular weight excluding hydrogens is 285 g/mol. The van der Waals surface area contributed by atoms with Crippen LogP contribution < -0.4 is 4.90 Å². The molecule has 0 fully saturated rings. The lowest BCUT2D eigenvalue weighted by Crippen LogP contribution is -2.38. The minimum absolute atomic E-state index is 0.227. The maximum absolute atomic E-state index is 12.1. The van der Waals surface area contributed by atoms with Crippen molar-refractivity contribution in [1.82, 2.24) is 0 Å². The van der Waals surface area contributed by atoms with Gasteiger partial charge < -0.3 is 4.90 Å². The summed E-state index contributed by atoms with van der Waals surface area (Å²) in [5.74, 6) is -0.312. The summed E-state index contributed by atoms with van der Waals surface area (Å²) in [6.07, 6.45) is 0.760. The first-order valence-electron chi connectivity index (χ1n) is 6.04. The van der Waals surface area contributed by atoms with Gasteiger partial charge in [0.1, 0.15) is 0 Å². The van der Waals surface area contributed by atoms with Gasteiger partial charge in [0, 0.05) is 25.0 Å². The average Bonchev–Trinajstić information content (AvgIpc) is 2.43. The van der Waals surface area contributed by atoms with Crippen LogP contribution in [0.3, 0.4) is 0 Å². The topological polar surface area (TPSA) is 37.4 Å². The predicted octanol–water partition coefficient (Wildman–Crippen LogP) is 3.15. The van der Waals surface area contributed by atoms with Gasteiger partial charge in [-0.25, -0.2) is 0 Å². The number of benzene rings is 1. The van der Waals surface area contributed by atoms with Crippen LogP contribution in [0, 0.1) is 6.92 Å². The Balaban J connectivity index is 2.70. The number of nitrogens with zero attached hydrogens (tertiary/aromatic N) is 1. The van der Waals surface area contributed by atoms with Gasteiger partial charge in [-0.15, -0.1) is 23.2 Å². The van der Waals surface area contributed by atoms with Crippen LogP contribution in [-0.2, 0) is 9.59 Å². The largest absolute Gasteiger partial charge is 0.314 e. The Bertz CT molecular complexity index is 445. The molecule has 1 aromatic rings. The molecule has 0 aliphatic rings. The van der Waals surface area contributed by atoms with Crippen molar-refractivity contribution < 1.29 is 9.59 Å². The van der Waals surface area contributed by atoms with Gasteiger partial charge in [0.15, 0.2) is 11.2 Å². The number of carbonyl (C=O) groups excluding carboxylic acids is 2. The summed E-state index contributed by atoms with van der Waals surface area (Å²) in [7, 11) is 1.61. The van der Waals surface area contributed by atoms with Crippen molar-refractivity contribution in [2.75, 3.05) is 17.8 Å². The number of ketones is 1. The molecule has 3 nitrogen and oxygen atoms in total. The number of hydrogen-bond acceptors (Lipinski definition) is 2. The van der Waals surface area contributed by atoms with Crippen molar-refractivity contribution in [2.45, 2.75) is 25.1 Å². The number of rotatable bonds is 6. The first-order valence-corrected chi connectivity index (χ1v) is 7.01. The van der Waals surface area contributed by atoms with Crippen molar-refractivity contribution >= 4 is 40.6 Å². The van der Waals surface area contributed by atoms with Crippen LogP contribution >= 0.6 is 23.2 Å². The summed E-state index contributed by atoms with van der Waals surface area (Å²) < 4.78 is 0. The summed E-state index contributed by atoms with van der Waals surface area (Å²) in [6.45, 7) is 1.96. The fraction of sp³-hybridized carbons (Fsp3) is 0.429. The Morgan fingerprint density at radius 2 is 1.84 bits per heavy atom. The third-order valence-electron chi connectivity index (χ3n) is 2.81. The molecule has 1 rings (SSSR count). The van der Waals surface area contributed by atoms with Crippen LogP contribution in [0.5, 0.6) is 0 Å². The Morgan fingerprint density at radius 3 is 2.37 bits per heavy atom. The quantitative estimate of drug-likeness (QED) is 0.598. The van der Waals surface area contributed by atoms with E-state index in [1.165, 1.54) is 4.90 Å². The predicted molar refractivity (Wildman–Crippen MR) is 79.2 cm³/mol. The first-order chi connectivity index (χ1) is 8.97. The lowest BCUT2D eigenvalue weighted by molar-refractivity contribution is -0.126. The molecule has 0 N–H and O–H groups in total. The van der Waals surface area contributed by atoms with Gasteiger partial charge in [-0.05, 0) is 25.5 Å². The third-order valence-corrected chi connectivity index (χ3v) is 3.51. The molecule has 0 radical (unpaired) electrons. The molecule has 0 saturated heterocycles. The number of Topliss-reactive ketones (excluding diaryl/α,β-unsaturated/α-hetero) is 1. The van der Waals surface area contributed by atoms with E-state index in [2.05, 4.69) is 0 Å². The van der Waals surface area contributed by atoms with E-state index in [-0.39, 0.29) is 12.2 Å². The smallest absolute Gasteiger partial charge is 0.252 e. The molecule has 1 amide bonds. The monoisotopic (exact) mass is 301 g/mol. The van der Waals surface area contributed by atoms with E-state index < -0.39 is 11.3 Å². The average molecular weight is 302 g/mol. The Labute approximate surface area is 123 Å². The van der Waals surface area contributed by atoms with Gasteiger partial charge in [0.25, 0.3) is 5.91 Å². The van der Waals surface area contributed by atoms with Crippen molar-refractivity contribution in [3.63, 3.8) is 0 Å².